The predicted octanol–water partition coefficient (Wildman–Crippen LogP) is 0.716. The predicted molar refractivity (Wildman–Crippen MR) is 36.3 cm³/mol. The van der Waals surface area contributed by atoms with Gasteiger partial charge < -0.3 is 10.1 Å². The largest absolute Gasteiger partial charge is 0.305 e. The standard InChI is InChI=1S/C7H13NO/c1-2-6-3-4-7(5-9)8-6/h5-8H,2-4H2,1H3. The number of nitrogens with one attached hydrogen (secondary N) is 1. The molecule has 0 amide bonds. The van der Waals surface area contributed by atoms with E-state index in [2.05, 4.69) is 12.2 Å². The minimum Gasteiger partial charge on any atom is -0.305 e. The van der Waals surface area contributed by atoms with E-state index < -0.39 is 0 Å². The number of carbonyl (C=O) groups excluding carboxylic acids is 1. The molecule has 0 spiro atoms. The molecule has 1 heterocycles. The van der Waals surface area contributed by atoms with Crippen LogP contribution in [0.5, 0.6) is 0 Å². The van der Waals surface area contributed by atoms with Crippen LogP contribution in [0.1, 0.15) is 26.2 Å². The average Bonchev–Trinajstić information content (AvgIpc) is 2.34. The van der Waals surface area contributed by atoms with Crippen LogP contribution in [0.2, 0.25) is 0 Å². The summed E-state index contributed by atoms with van der Waals surface area (Å²) < 4.78 is 0. The van der Waals surface area contributed by atoms with Crippen LogP contribution in [-0.4, -0.2) is 18.4 Å². The van der Waals surface area contributed by atoms with Crippen molar-refractivity contribution in [2.24, 2.45) is 0 Å². The third kappa shape index (κ3) is 1.52. The number of carbonyl (C=O) groups is 1. The summed E-state index contributed by atoms with van der Waals surface area (Å²) in [5.41, 5.74) is 0. The van der Waals surface area contributed by atoms with Gasteiger partial charge in [-0.3, -0.25) is 0 Å². The second kappa shape index (κ2) is 2.97. The molecule has 1 saturated heterocycles. The van der Waals surface area contributed by atoms with Gasteiger partial charge in [0.05, 0.1) is 6.04 Å². The molecule has 0 aromatic rings. The fourth-order valence-electron chi connectivity index (χ4n) is 1.28. The Morgan fingerprint density at radius 2 is 2.44 bits per heavy atom. The molecule has 2 atom stereocenters. The normalized spacial score (nSPS) is 34.8. The summed E-state index contributed by atoms with van der Waals surface area (Å²) in [6, 6.07) is 0.746. The van der Waals surface area contributed by atoms with Gasteiger partial charge in [0, 0.05) is 6.04 Å². The summed E-state index contributed by atoms with van der Waals surface area (Å²) in [7, 11) is 0. The van der Waals surface area contributed by atoms with E-state index in [1.165, 1.54) is 6.42 Å². The van der Waals surface area contributed by atoms with Gasteiger partial charge in [0.25, 0.3) is 0 Å². The molecular formula is C7H13NO. The zero-order chi connectivity index (χ0) is 6.69. The van der Waals surface area contributed by atoms with Crippen molar-refractivity contribution in [3.63, 3.8) is 0 Å². The molecule has 0 saturated carbocycles. The Labute approximate surface area is 55.6 Å². The Morgan fingerprint density at radius 1 is 1.67 bits per heavy atom. The van der Waals surface area contributed by atoms with Crippen molar-refractivity contribution >= 4 is 6.29 Å². The molecule has 1 N–H and O–H groups in total. The first-order valence-corrected chi connectivity index (χ1v) is 3.58. The Kier molecular flexibility index (Phi) is 2.22. The van der Waals surface area contributed by atoms with E-state index >= 15 is 0 Å². The first kappa shape index (κ1) is 6.75. The third-order valence-electron chi connectivity index (χ3n) is 1.93. The lowest BCUT2D eigenvalue weighted by atomic mass is 10.2. The van der Waals surface area contributed by atoms with Gasteiger partial charge in [-0.1, -0.05) is 6.92 Å². The van der Waals surface area contributed by atoms with E-state index in [1.807, 2.05) is 0 Å². The second-order valence-electron chi connectivity index (χ2n) is 2.59. The zero-order valence-corrected chi connectivity index (χ0v) is 5.76. The third-order valence-corrected chi connectivity index (χ3v) is 1.93. The zero-order valence-electron chi connectivity index (χ0n) is 5.76. The fourth-order valence-corrected chi connectivity index (χ4v) is 1.28. The second-order valence-corrected chi connectivity index (χ2v) is 2.59. The molecule has 2 nitrogen and oxygen atoms in total. The maximum absolute atomic E-state index is 10.2. The summed E-state index contributed by atoms with van der Waals surface area (Å²) in [6.07, 6.45) is 4.35. The summed E-state index contributed by atoms with van der Waals surface area (Å²) in [6.45, 7) is 2.14. The van der Waals surface area contributed by atoms with Gasteiger partial charge in [0.2, 0.25) is 0 Å². The summed E-state index contributed by atoms with van der Waals surface area (Å²) in [4.78, 5) is 10.2. The van der Waals surface area contributed by atoms with Crippen LogP contribution in [0, 0.1) is 0 Å². The minimum atomic E-state index is 0.148. The molecule has 1 aliphatic heterocycles. The van der Waals surface area contributed by atoms with Crippen molar-refractivity contribution in [3.05, 3.63) is 0 Å². The molecule has 1 aliphatic rings. The number of hydrogen-bond acceptors (Lipinski definition) is 2. The molecule has 0 radical (unpaired) electrons. The summed E-state index contributed by atoms with van der Waals surface area (Å²) in [5, 5.41) is 3.22. The van der Waals surface area contributed by atoms with Crippen molar-refractivity contribution in [1.29, 1.82) is 0 Å². The van der Waals surface area contributed by atoms with Gasteiger partial charge in [-0.05, 0) is 19.3 Å². The van der Waals surface area contributed by atoms with Crippen molar-refractivity contribution < 1.29 is 4.79 Å². The van der Waals surface area contributed by atoms with Gasteiger partial charge in [0.15, 0.2) is 0 Å². The lowest BCUT2D eigenvalue weighted by Crippen LogP contribution is -2.29. The molecule has 52 valence electrons. The van der Waals surface area contributed by atoms with Crippen molar-refractivity contribution in [1.82, 2.24) is 5.32 Å². The highest BCUT2D eigenvalue weighted by Gasteiger charge is 2.20. The summed E-state index contributed by atoms with van der Waals surface area (Å²) >= 11 is 0. The van der Waals surface area contributed by atoms with Crippen molar-refractivity contribution in [2.75, 3.05) is 0 Å². The van der Waals surface area contributed by atoms with Crippen molar-refractivity contribution in [2.45, 2.75) is 38.3 Å². The minimum absolute atomic E-state index is 0.148. The highest BCUT2D eigenvalue weighted by Crippen LogP contribution is 2.12. The smallest absolute Gasteiger partial charge is 0.136 e. The van der Waals surface area contributed by atoms with E-state index in [0.29, 0.717) is 6.04 Å². The summed E-state index contributed by atoms with van der Waals surface area (Å²) in [5.74, 6) is 0. The van der Waals surface area contributed by atoms with Crippen LogP contribution in [-0.2, 0) is 4.79 Å². The maximum Gasteiger partial charge on any atom is 0.136 e. The first-order valence-electron chi connectivity index (χ1n) is 3.58. The molecule has 0 aliphatic carbocycles. The maximum atomic E-state index is 10.2. The molecule has 0 aromatic carbocycles. The molecule has 1 fully saturated rings. The molecule has 1 rings (SSSR count). The van der Waals surface area contributed by atoms with E-state index in [-0.39, 0.29) is 6.04 Å². The van der Waals surface area contributed by atoms with Crippen LogP contribution < -0.4 is 5.32 Å². The van der Waals surface area contributed by atoms with Gasteiger partial charge in [-0.25, -0.2) is 0 Å². The quantitative estimate of drug-likeness (QED) is 0.554. The Hall–Kier alpha value is -0.370. The van der Waals surface area contributed by atoms with E-state index in [9.17, 15) is 4.79 Å². The lowest BCUT2D eigenvalue weighted by molar-refractivity contribution is -0.109. The molecule has 9 heavy (non-hydrogen) atoms. The van der Waals surface area contributed by atoms with E-state index in [0.717, 1.165) is 19.1 Å². The monoisotopic (exact) mass is 127 g/mol. The molecule has 2 unspecified atom stereocenters. The van der Waals surface area contributed by atoms with Crippen LogP contribution in [0.4, 0.5) is 0 Å². The van der Waals surface area contributed by atoms with Crippen molar-refractivity contribution in [3.8, 4) is 0 Å². The van der Waals surface area contributed by atoms with Crippen LogP contribution >= 0.6 is 0 Å². The molecule has 2 heteroatoms. The number of aldehydes is 1. The average molecular weight is 127 g/mol. The van der Waals surface area contributed by atoms with Gasteiger partial charge in [-0.2, -0.15) is 0 Å². The molecule has 0 bridgehead atoms. The number of rotatable bonds is 2. The fraction of sp³-hybridized carbons (Fsp3) is 0.857. The molecular weight excluding hydrogens is 114 g/mol. The van der Waals surface area contributed by atoms with Gasteiger partial charge in [-0.15, -0.1) is 0 Å². The SMILES string of the molecule is CCC1CCC(C=O)N1. The Morgan fingerprint density at radius 3 is 2.78 bits per heavy atom. The highest BCUT2D eigenvalue weighted by atomic mass is 16.1. The first-order chi connectivity index (χ1) is 4.36. The van der Waals surface area contributed by atoms with E-state index in [4.69, 9.17) is 0 Å². The van der Waals surface area contributed by atoms with E-state index in [1.54, 1.807) is 0 Å². The Balaban J connectivity index is 2.28. The van der Waals surface area contributed by atoms with Crippen LogP contribution in [0.3, 0.4) is 0 Å². The van der Waals surface area contributed by atoms with Crippen LogP contribution in [0.25, 0.3) is 0 Å². The molecule has 0 aromatic heterocycles. The number of hydrogen-bond donors (Lipinski definition) is 1. The lowest BCUT2D eigenvalue weighted by Gasteiger charge is -2.05. The topological polar surface area (TPSA) is 29.1 Å². The Bertz CT molecular complexity index is 103. The van der Waals surface area contributed by atoms with Gasteiger partial charge >= 0.3 is 0 Å². The highest BCUT2D eigenvalue weighted by molar-refractivity contribution is 5.58. The van der Waals surface area contributed by atoms with Gasteiger partial charge in [0.1, 0.15) is 6.29 Å². The van der Waals surface area contributed by atoms with Crippen LogP contribution in [0.15, 0.2) is 0 Å².